The summed E-state index contributed by atoms with van der Waals surface area (Å²) in [6, 6.07) is 0. The molecule has 104 valence electrons. The fourth-order valence-corrected chi connectivity index (χ4v) is 1.79. The highest BCUT2D eigenvalue weighted by atomic mass is 127. The van der Waals surface area contributed by atoms with Gasteiger partial charge in [0.1, 0.15) is 0 Å². The molecule has 0 aromatic rings. The Morgan fingerprint density at radius 3 is 2.18 bits per heavy atom. The largest absolute Gasteiger partial charge is 0.370 e. The number of guanidine groups is 1. The lowest BCUT2D eigenvalue weighted by Crippen LogP contribution is -2.37. The number of hydrogen-bond acceptors (Lipinski definition) is 1. The van der Waals surface area contributed by atoms with Crippen molar-refractivity contribution in [3.63, 3.8) is 0 Å². The van der Waals surface area contributed by atoms with Gasteiger partial charge in [-0.05, 0) is 26.2 Å². The number of nitrogens with two attached hydrogens (primary N) is 1. The molecule has 3 nitrogen and oxygen atoms in total. The van der Waals surface area contributed by atoms with Crippen molar-refractivity contribution in [3.05, 3.63) is 0 Å². The summed E-state index contributed by atoms with van der Waals surface area (Å²) in [5, 5.41) is 0. The van der Waals surface area contributed by atoms with E-state index in [-0.39, 0.29) is 24.0 Å². The summed E-state index contributed by atoms with van der Waals surface area (Å²) >= 11 is 0. The number of nitrogens with zero attached hydrogens (tertiary/aromatic N) is 2. The first kappa shape index (κ1) is 19.3. The molecule has 0 fully saturated rings. The van der Waals surface area contributed by atoms with Crippen LogP contribution in [0.3, 0.4) is 0 Å². The van der Waals surface area contributed by atoms with Crippen molar-refractivity contribution in [1.29, 1.82) is 0 Å². The van der Waals surface area contributed by atoms with Gasteiger partial charge in [0.2, 0.25) is 0 Å². The van der Waals surface area contributed by atoms with Crippen LogP contribution in [0.25, 0.3) is 0 Å². The van der Waals surface area contributed by atoms with Crippen LogP contribution in [0.4, 0.5) is 0 Å². The van der Waals surface area contributed by atoms with E-state index in [9.17, 15) is 0 Å². The van der Waals surface area contributed by atoms with Gasteiger partial charge in [-0.15, -0.1) is 24.0 Å². The summed E-state index contributed by atoms with van der Waals surface area (Å²) in [4.78, 5) is 6.61. The third kappa shape index (κ3) is 8.69. The van der Waals surface area contributed by atoms with Crippen molar-refractivity contribution >= 4 is 29.9 Å². The Morgan fingerprint density at radius 2 is 1.76 bits per heavy atom. The summed E-state index contributed by atoms with van der Waals surface area (Å²) in [5.74, 6) is 1.41. The Balaban J connectivity index is 0. The molecule has 0 aliphatic rings. The minimum absolute atomic E-state index is 0. The normalized spacial score (nSPS) is 13.1. The van der Waals surface area contributed by atoms with E-state index in [2.05, 4.69) is 37.6 Å². The van der Waals surface area contributed by atoms with Crippen molar-refractivity contribution in [3.8, 4) is 0 Å². The van der Waals surface area contributed by atoms with Gasteiger partial charge in [-0.1, -0.05) is 33.1 Å². The fraction of sp³-hybridized carbons (Fsp3) is 0.923. The van der Waals surface area contributed by atoms with Gasteiger partial charge < -0.3 is 10.6 Å². The van der Waals surface area contributed by atoms with Gasteiger partial charge >= 0.3 is 0 Å². The van der Waals surface area contributed by atoms with Crippen molar-refractivity contribution in [2.75, 3.05) is 19.6 Å². The standard InChI is InChI=1S/C13H29N3.HI/c1-5-9-10-12(6-2)11-15-13(14)16(7-3)8-4;/h12H,5-11H2,1-4H3,(H2,14,15);1H. The Hall–Kier alpha value is 0. The molecule has 0 radical (unpaired) electrons. The molecule has 0 bridgehead atoms. The SMILES string of the molecule is CCCCC(CC)CN=C(N)N(CC)CC.I. The summed E-state index contributed by atoms with van der Waals surface area (Å²) in [5.41, 5.74) is 5.95. The second-order valence-corrected chi connectivity index (χ2v) is 4.29. The average Bonchev–Trinajstić information content (AvgIpc) is 2.31. The maximum Gasteiger partial charge on any atom is 0.191 e. The Morgan fingerprint density at radius 1 is 1.18 bits per heavy atom. The van der Waals surface area contributed by atoms with E-state index in [4.69, 9.17) is 5.73 Å². The van der Waals surface area contributed by atoms with E-state index < -0.39 is 0 Å². The topological polar surface area (TPSA) is 41.6 Å². The van der Waals surface area contributed by atoms with Gasteiger partial charge in [0.15, 0.2) is 5.96 Å². The molecule has 0 aliphatic carbocycles. The average molecular weight is 355 g/mol. The number of aliphatic imine (C=N–C) groups is 1. The van der Waals surface area contributed by atoms with Crippen LogP contribution in [0, 0.1) is 5.92 Å². The van der Waals surface area contributed by atoms with Crippen LogP contribution < -0.4 is 5.73 Å². The Kier molecular flexibility index (Phi) is 14.2. The maximum atomic E-state index is 5.95. The monoisotopic (exact) mass is 355 g/mol. The van der Waals surface area contributed by atoms with Crippen molar-refractivity contribution in [2.24, 2.45) is 16.6 Å². The quantitative estimate of drug-likeness (QED) is 0.412. The lowest BCUT2D eigenvalue weighted by molar-refractivity contribution is 0.438. The zero-order valence-electron chi connectivity index (χ0n) is 11.9. The molecule has 1 unspecified atom stereocenters. The van der Waals surface area contributed by atoms with E-state index >= 15 is 0 Å². The molecule has 4 heteroatoms. The van der Waals surface area contributed by atoms with Gasteiger partial charge in [0, 0.05) is 19.6 Å². The first-order valence-corrected chi connectivity index (χ1v) is 6.74. The third-order valence-corrected chi connectivity index (χ3v) is 3.14. The molecule has 0 saturated heterocycles. The van der Waals surface area contributed by atoms with Gasteiger partial charge in [0.25, 0.3) is 0 Å². The summed E-state index contributed by atoms with van der Waals surface area (Å²) in [6.07, 6.45) is 5.06. The number of halogens is 1. The van der Waals surface area contributed by atoms with E-state index in [1.54, 1.807) is 0 Å². The third-order valence-electron chi connectivity index (χ3n) is 3.14. The van der Waals surface area contributed by atoms with Crippen molar-refractivity contribution in [1.82, 2.24) is 4.90 Å². The second-order valence-electron chi connectivity index (χ2n) is 4.29. The van der Waals surface area contributed by atoms with Crippen LogP contribution in [0.5, 0.6) is 0 Å². The van der Waals surface area contributed by atoms with Crippen molar-refractivity contribution < 1.29 is 0 Å². The predicted octanol–water partition coefficient (Wildman–Crippen LogP) is 3.48. The van der Waals surface area contributed by atoms with Crippen LogP contribution in [-0.4, -0.2) is 30.5 Å². The molecule has 2 N–H and O–H groups in total. The molecule has 0 aromatic carbocycles. The highest BCUT2D eigenvalue weighted by Crippen LogP contribution is 2.12. The van der Waals surface area contributed by atoms with Gasteiger partial charge in [-0.25, -0.2) is 0 Å². The van der Waals surface area contributed by atoms with E-state index in [1.807, 2.05) is 0 Å². The van der Waals surface area contributed by atoms with Crippen LogP contribution in [0.15, 0.2) is 4.99 Å². The molecule has 0 amide bonds. The molecule has 0 rings (SSSR count). The molecular weight excluding hydrogens is 325 g/mol. The first-order valence-electron chi connectivity index (χ1n) is 6.74. The maximum absolute atomic E-state index is 5.95. The molecule has 0 aliphatic heterocycles. The van der Waals surface area contributed by atoms with E-state index in [1.165, 1.54) is 25.7 Å². The lowest BCUT2D eigenvalue weighted by Gasteiger charge is -2.20. The number of hydrogen-bond donors (Lipinski definition) is 1. The summed E-state index contributed by atoms with van der Waals surface area (Å²) in [6.45, 7) is 11.5. The van der Waals surface area contributed by atoms with Crippen molar-refractivity contribution in [2.45, 2.75) is 53.4 Å². The van der Waals surface area contributed by atoms with Gasteiger partial charge in [-0.3, -0.25) is 4.99 Å². The first-order chi connectivity index (χ1) is 7.69. The molecular formula is C13H30IN3. The van der Waals surface area contributed by atoms with Crippen LogP contribution >= 0.6 is 24.0 Å². The lowest BCUT2D eigenvalue weighted by atomic mass is 10.00. The summed E-state index contributed by atoms with van der Waals surface area (Å²) < 4.78 is 0. The minimum Gasteiger partial charge on any atom is -0.370 e. The smallest absolute Gasteiger partial charge is 0.191 e. The summed E-state index contributed by atoms with van der Waals surface area (Å²) in [7, 11) is 0. The van der Waals surface area contributed by atoms with E-state index in [0.717, 1.165) is 19.6 Å². The molecule has 0 spiro atoms. The van der Waals surface area contributed by atoms with Crippen LogP contribution in [0.1, 0.15) is 53.4 Å². The zero-order valence-corrected chi connectivity index (χ0v) is 14.2. The Bertz CT molecular complexity index is 191. The molecule has 0 aromatic heterocycles. The van der Waals surface area contributed by atoms with E-state index in [0.29, 0.717) is 11.9 Å². The van der Waals surface area contributed by atoms with Crippen LogP contribution in [0.2, 0.25) is 0 Å². The van der Waals surface area contributed by atoms with Gasteiger partial charge in [-0.2, -0.15) is 0 Å². The predicted molar refractivity (Wildman–Crippen MR) is 88.1 cm³/mol. The number of unbranched alkanes of at least 4 members (excludes halogenated alkanes) is 1. The fourth-order valence-electron chi connectivity index (χ4n) is 1.79. The Labute approximate surface area is 124 Å². The number of rotatable bonds is 8. The second kappa shape index (κ2) is 12.5. The molecule has 17 heavy (non-hydrogen) atoms. The highest BCUT2D eigenvalue weighted by Gasteiger charge is 2.06. The van der Waals surface area contributed by atoms with Crippen LogP contribution in [-0.2, 0) is 0 Å². The zero-order chi connectivity index (χ0) is 12.4. The molecule has 0 heterocycles. The molecule has 0 saturated carbocycles. The highest BCUT2D eigenvalue weighted by molar-refractivity contribution is 14.0. The van der Waals surface area contributed by atoms with Gasteiger partial charge in [0.05, 0.1) is 0 Å². The molecule has 1 atom stereocenters. The minimum atomic E-state index is 0.